The Hall–Kier alpha value is -1.47. The van der Waals surface area contributed by atoms with Crippen LogP contribution < -0.4 is 15.4 Å². The smallest absolute Gasteiger partial charge is 0.191 e. The molecule has 2 rings (SSSR count). The maximum atomic E-state index is 12.9. The summed E-state index contributed by atoms with van der Waals surface area (Å²) in [7, 11) is 0. The van der Waals surface area contributed by atoms with Crippen LogP contribution in [0, 0.1) is 5.82 Å². The number of aliphatic imine (C=N–C) groups is 1. The lowest BCUT2D eigenvalue weighted by atomic mass is 10.2. The minimum Gasteiger partial charge on any atom is -0.491 e. The molecule has 0 bridgehead atoms. The van der Waals surface area contributed by atoms with E-state index >= 15 is 0 Å². The average molecular weight is 384 g/mol. The number of thioether (sulfide) groups is 1. The van der Waals surface area contributed by atoms with Crippen molar-refractivity contribution in [1.29, 1.82) is 0 Å². The van der Waals surface area contributed by atoms with Crippen LogP contribution in [0.4, 0.5) is 4.39 Å². The quantitative estimate of drug-likeness (QED) is 0.452. The third-order valence-corrected chi connectivity index (χ3v) is 5.42. The van der Waals surface area contributed by atoms with Crippen LogP contribution in [0.1, 0.15) is 33.1 Å². The lowest BCUT2D eigenvalue weighted by Gasteiger charge is -2.18. The number of nitrogens with zero attached hydrogens (tertiary/aromatic N) is 1. The number of nitrogens with one attached hydrogen (secondary N) is 2. The van der Waals surface area contributed by atoms with E-state index in [0.717, 1.165) is 36.3 Å². The Balaban J connectivity index is 1.77. The highest BCUT2D eigenvalue weighted by molar-refractivity contribution is 7.99. The first kappa shape index (κ1) is 20.8. The van der Waals surface area contributed by atoms with E-state index in [0.29, 0.717) is 11.8 Å². The van der Waals surface area contributed by atoms with Gasteiger partial charge >= 0.3 is 0 Å². The molecular weight excluding hydrogens is 353 g/mol. The van der Waals surface area contributed by atoms with Crippen LogP contribution in [-0.2, 0) is 0 Å². The number of halogens is 1. The maximum Gasteiger partial charge on any atom is 0.191 e. The van der Waals surface area contributed by atoms with Crippen LogP contribution in [0.25, 0.3) is 0 Å². The molecule has 0 heterocycles. The fourth-order valence-electron chi connectivity index (χ4n) is 2.94. The summed E-state index contributed by atoms with van der Waals surface area (Å²) in [4.78, 5) is 4.47. The number of hydrogen-bond acceptors (Lipinski definition) is 4. The zero-order chi connectivity index (χ0) is 18.8. The van der Waals surface area contributed by atoms with Crippen molar-refractivity contribution in [1.82, 2.24) is 10.6 Å². The molecule has 0 spiro atoms. The lowest BCUT2D eigenvalue weighted by Crippen LogP contribution is -2.43. The van der Waals surface area contributed by atoms with Gasteiger partial charge in [0, 0.05) is 17.8 Å². The Morgan fingerprint density at radius 2 is 2.12 bits per heavy atom. The number of rotatable bonds is 9. The van der Waals surface area contributed by atoms with Crippen molar-refractivity contribution < 1.29 is 14.2 Å². The van der Waals surface area contributed by atoms with Crippen molar-refractivity contribution in [2.75, 3.05) is 25.4 Å². The number of benzene rings is 1. The predicted octanol–water partition coefficient (Wildman–Crippen LogP) is 2.79. The second kappa shape index (κ2) is 11.3. The van der Waals surface area contributed by atoms with Crippen LogP contribution in [0.3, 0.4) is 0 Å². The molecule has 5 nitrogen and oxygen atoms in total. The molecule has 3 N–H and O–H groups in total. The van der Waals surface area contributed by atoms with E-state index in [-0.39, 0.29) is 19.0 Å². The van der Waals surface area contributed by atoms with E-state index in [1.54, 1.807) is 12.1 Å². The van der Waals surface area contributed by atoms with E-state index < -0.39 is 6.10 Å². The summed E-state index contributed by atoms with van der Waals surface area (Å²) >= 11 is 2.03. The van der Waals surface area contributed by atoms with E-state index in [2.05, 4.69) is 22.5 Å². The van der Waals surface area contributed by atoms with Crippen LogP contribution in [-0.4, -0.2) is 53.9 Å². The van der Waals surface area contributed by atoms with Gasteiger partial charge < -0.3 is 20.5 Å². The monoisotopic (exact) mass is 383 g/mol. The van der Waals surface area contributed by atoms with Gasteiger partial charge in [-0.3, -0.25) is 4.99 Å². The van der Waals surface area contributed by atoms with E-state index in [1.165, 1.54) is 18.6 Å². The molecular formula is C19H30FN3O2S. The van der Waals surface area contributed by atoms with Crippen LogP contribution >= 0.6 is 11.8 Å². The number of hydrogen-bond donors (Lipinski definition) is 3. The van der Waals surface area contributed by atoms with Gasteiger partial charge in [-0.15, -0.1) is 0 Å². The van der Waals surface area contributed by atoms with Gasteiger partial charge in [-0.2, -0.15) is 11.8 Å². The molecule has 1 aromatic carbocycles. The molecule has 1 fully saturated rings. The Kier molecular flexibility index (Phi) is 9.05. The van der Waals surface area contributed by atoms with Gasteiger partial charge in [-0.25, -0.2) is 4.39 Å². The molecule has 3 unspecified atom stereocenters. The molecule has 0 saturated heterocycles. The molecule has 1 aromatic rings. The van der Waals surface area contributed by atoms with E-state index in [9.17, 15) is 9.50 Å². The third kappa shape index (κ3) is 7.41. The fraction of sp³-hybridized carbons (Fsp3) is 0.632. The normalized spacial score (nSPS) is 21.5. The van der Waals surface area contributed by atoms with Gasteiger partial charge in [-0.05, 0) is 56.2 Å². The Morgan fingerprint density at radius 3 is 2.81 bits per heavy atom. The molecule has 1 saturated carbocycles. The van der Waals surface area contributed by atoms with Gasteiger partial charge in [-0.1, -0.05) is 6.92 Å². The van der Waals surface area contributed by atoms with Crippen molar-refractivity contribution in [3.63, 3.8) is 0 Å². The number of aliphatic hydroxyl groups excluding tert-OH is 1. The molecule has 7 heteroatoms. The van der Waals surface area contributed by atoms with Crippen molar-refractivity contribution in [3.8, 4) is 5.75 Å². The number of ether oxygens (including phenoxy) is 1. The standard InChI is InChI=1S/C19H30FN3O2S/c1-3-21-19(23-15-7-10-18(11-15)26-4-2)22-12-16(24)13-25-17-8-5-14(20)6-9-17/h5-6,8-9,15-16,18,24H,3-4,7,10-13H2,1-2H3,(H2,21,22,23). The zero-order valence-corrected chi connectivity index (χ0v) is 16.4. The second-order valence-electron chi connectivity index (χ2n) is 6.37. The summed E-state index contributed by atoms with van der Waals surface area (Å²) < 4.78 is 18.3. The first-order chi connectivity index (χ1) is 12.6. The highest BCUT2D eigenvalue weighted by Crippen LogP contribution is 2.29. The Bertz CT molecular complexity index is 556. The van der Waals surface area contributed by atoms with Crippen LogP contribution in [0.15, 0.2) is 29.3 Å². The number of aliphatic hydroxyl groups is 1. The van der Waals surface area contributed by atoms with Gasteiger partial charge in [0.15, 0.2) is 5.96 Å². The topological polar surface area (TPSA) is 65.9 Å². The molecule has 0 aromatic heterocycles. The first-order valence-corrected chi connectivity index (χ1v) is 10.4. The summed E-state index contributed by atoms with van der Waals surface area (Å²) in [6.07, 6.45) is 2.82. The highest BCUT2D eigenvalue weighted by Gasteiger charge is 2.25. The third-order valence-electron chi connectivity index (χ3n) is 4.19. The van der Waals surface area contributed by atoms with E-state index in [4.69, 9.17) is 4.74 Å². The minimum absolute atomic E-state index is 0.118. The summed E-state index contributed by atoms with van der Waals surface area (Å²) in [5.41, 5.74) is 0. The summed E-state index contributed by atoms with van der Waals surface area (Å²) in [6.45, 7) is 5.36. The van der Waals surface area contributed by atoms with Crippen LogP contribution in [0.5, 0.6) is 5.75 Å². The van der Waals surface area contributed by atoms with Crippen molar-refractivity contribution in [3.05, 3.63) is 30.1 Å². The lowest BCUT2D eigenvalue weighted by molar-refractivity contribution is 0.114. The van der Waals surface area contributed by atoms with Gasteiger partial charge in [0.1, 0.15) is 24.3 Å². The maximum absolute atomic E-state index is 12.9. The average Bonchev–Trinajstić information content (AvgIpc) is 3.07. The first-order valence-electron chi connectivity index (χ1n) is 9.33. The highest BCUT2D eigenvalue weighted by atomic mass is 32.2. The second-order valence-corrected chi connectivity index (χ2v) is 7.95. The molecule has 0 amide bonds. The molecule has 1 aliphatic carbocycles. The summed E-state index contributed by atoms with van der Waals surface area (Å²) in [6, 6.07) is 6.19. The Labute approximate surface area is 159 Å². The zero-order valence-electron chi connectivity index (χ0n) is 15.6. The molecule has 26 heavy (non-hydrogen) atoms. The summed E-state index contributed by atoms with van der Waals surface area (Å²) in [5, 5.41) is 17.5. The number of guanidine groups is 1. The largest absolute Gasteiger partial charge is 0.491 e. The predicted molar refractivity (Wildman–Crippen MR) is 107 cm³/mol. The minimum atomic E-state index is -0.720. The van der Waals surface area contributed by atoms with Crippen LogP contribution in [0.2, 0.25) is 0 Å². The van der Waals surface area contributed by atoms with Gasteiger partial charge in [0.25, 0.3) is 0 Å². The molecule has 0 aliphatic heterocycles. The summed E-state index contributed by atoms with van der Waals surface area (Å²) in [5.74, 6) is 2.12. The van der Waals surface area contributed by atoms with Gasteiger partial charge in [0.2, 0.25) is 0 Å². The molecule has 1 aliphatic rings. The van der Waals surface area contributed by atoms with E-state index in [1.807, 2.05) is 18.7 Å². The van der Waals surface area contributed by atoms with Crippen molar-refractivity contribution in [2.45, 2.75) is 50.5 Å². The Morgan fingerprint density at radius 1 is 1.35 bits per heavy atom. The van der Waals surface area contributed by atoms with Crippen molar-refractivity contribution >= 4 is 17.7 Å². The van der Waals surface area contributed by atoms with Gasteiger partial charge in [0.05, 0.1) is 6.54 Å². The van der Waals surface area contributed by atoms with Crippen molar-refractivity contribution in [2.24, 2.45) is 4.99 Å². The molecule has 0 radical (unpaired) electrons. The molecule has 3 atom stereocenters. The fourth-order valence-corrected chi connectivity index (χ4v) is 4.09. The SMILES string of the molecule is CCNC(=NCC(O)COc1ccc(F)cc1)NC1CCC(SCC)C1. The molecule has 146 valence electrons.